The zero-order valence-corrected chi connectivity index (χ0v) is 10.6. The number of carboxylic acid groups (broad SMARTS) is 1. The molecule has 1 aromatic carbocycles. The zero-order chi connectivity index (χ0) is 13.7. The predicted octanol–water partition coefficient (Wildman–Crippen LogP) is 0.199. The van der Waals surface area contributed by atoms with Gasteiger partial charge in [0, 0.05) is 5.56 Å². The van der Waals surface area contributed by atoms with Crippen LogP contribution in [0.3, 0.4) is 0 Å². The number of ether oxygens (including phenoxy) is 1. The first-order valence-corrected chi connectivity index (χ1v) is 5.61. The number of nitrogens with one attached hydrogen (secondary N) is 1. The highest BCUT2D eigenvalue weighted by atomic mass is 16.5. The fourth-order valence-corrected chi connectivity index (χ4v) is 1.46. The Hall–Kier alpha value is -2.04. The molecule has 18 heavy (non-hydrogen) atoms. The summed E-state index contributed by atoms with van der Waals surface area (Å²) in [6, 6.07) is 5.41. The van der Waals surface area contributed by atoms with E-state index in [0.29, 0.717) is 11.3 Å². The fraction of sp³-hybridized carbons (Fsp3) is 0.385. The van der Waals surface area contributed by atoms with Crippen LogP contribution in [0.4, 0.5) is 0 Å². The number of hydrogen-bond donors (Lipinski definition) is 1. The first kappa shape index (κ1) is 14.0. The van der Waals surface area contributed by atoms with Crippen LogP contribution >= 0.6 is 0 Å². The Morgan fingerprint density at radius 3 is 2.17 bits per heavy atom. The van der Waals surface area contributed by atoms with Crippen LogP contribution in [0, 0.1) is 5.92 Å². The third-order valence-electron chi connectivity index (χ3n) is 2.56. The van der Waals surface area contributed by atoms with Crippen LogP contribution in [0.2, 0.25) is 0 Å². The Morgan fingerprint density at radius 2 is 1.78 bits per heavy atom. The minimum atomic E-state index is -1.29. The second kappa shape index (κ2) is 6.05. The molecule has 5 nitrogen and oxygen atoms in total. The first-order valence-electron chi connectivity index (χ1n) is 5.61. The van der Waals surface area contributed by atoms with Crippen LogP contribution in [-0.2, 0) is 4.79 Å². The summed E-state index contributed by atoms with van der Waals surface area (Å²) in [6.07, 6.45) is 0. The van der Waals surface area contributed by atoms with Crippen molar-refractivity contribution in [2.24, 2.45) is 5.92 Å². The zero-order valence-electron chi connectivity index (χ0n) is 10.6. The summed E-state index contributed by atoms with van der Waals surface area (Å²) >= 11 is 0. The number of carbonyl (C=O) groups is 2. The van der Waals surface area contributed by atoms with Gasteiger partial charge in [-0.1, -0.05) is 13.8 Å². The summed E-state index contributed by atoms with van der Waals surface area (Å²) in [7, 11) is 1.53. The van der Waals surface area contributed by atoms with Gasteiger partial charge in [-0.2, -0.15) is 0 Å². The molecule has 0 radical (unpaired) electrons. The Bertz CT molecular complexity index is 425. The van der Waals surface area contributed by atoms with Gasteiger partial charge in [-0.05, 0) is 30.2 Å². The molecular weight excluding hydrogens is 234 g/mol. The van der Waals surface area contributed by atoms with E-state index in [1.807, 2.05) is 0 Å². The van der Waals surface area contributed by atoms with Gasteiger partial charge in [0.05, 0.1) is 19.1 Å². The summed E-state index contributed by atoms with van der Waals surface area (Å²) in [5, 5.41) is 13.3. The number of aliphatic carboxylic acids is 1. The first-order chi connectivity index (χ1) is 8.45. The lowest BCUT2D eigenvalue weighted by atomic mass is 10.0. The van der Waals surface area contributed by atoms with E-state index < -0.39 is 17.9 Å². The topological polar surface area (TPSA) is 78.5 Å². The maximum atomic E-state index is 11.8. The van der Waals surface area contributed by atoms with Crippen LogP contribution < -0.4 is 15.2 Å². The molecule has 98 valence electrons. The minimum Gasteiger partial charge on any atom is -0.548 e. The summed E-state index contributed by atoms with van der Waals surface area (Å²) in [5.41, 5.74) is 0.378. The minimum absolute atomic E-state index is 0.239. The van der Waals surface area contributed by atoms with Crippen molar-refractivity contribution in [2.75, 3.05) is 7.11 Å². The van der Waals surface area contributed by atoms with Crippen molar-refractivity contribution in [1.82, 2.24) is 5.32 Å². The summed E-state index contributed by atoms with van der Waals surface area (Å²) in [4.78, 5) is 22.7. The van der Waals surface area contributed by atoms with Gasteiger partial charge >= 0.3 is 0 Å². The van der Waals surface area contributed by atoms with Crippen molar-refractivity contribution >= 4 is 11.9 Å². The largest absolute Gasteiger partial charge is 0.548 e. The van der Waals surface area contributed by atoms with Crippen LogP contribution in [0.1, 0.15) is 24.2 Å². The Morgan fingerprint density at radius 1 is 1.22 bits per heavy atom. The predicted molar refractivity (Wildman–Crippen MR) is 64.1 cm³/mol. The maximum absolute atomic E-state index is 11.8. The highest BCUT2D eigenvalue weighted by molar-refractivity contribution is 5.96. The number of benzene rings is 1. The average molecular weight is 250 g/mol. The SMILES string of the molecule is COc1ccc(C(=O)N[C@@H](C(=O)[O-])C(C)C)cc1. The fourth-order valence-electron chi connectivity index (χ4n) is 1.46. The lowest BCUT2D eigenvalue weighted by Crippen LogP contribution is -2.50. The van der Waals surface area contributed by atoms with E-state index in [1.165, 1.54) is 7.11 Å². The highest BCUT2D eigenvalue weighted by Gasteiger charge is 2.18. The van der Waals surface area contributed by atoms with Crippen molar-refractivity contribution in [3.63, 3.8) is 0 Å². The standard InChI is InChI=1S/C13H17NO4/c1-8(2)11(13(16)17)14-12(15)9-4-6-10(18-3)7-5-9/h4-8,11H,1-3H3,(H,14,15)(H,16,17)/p-1/t11-/m1/s1. The molecule has 0 saturated carbocycles. The lowest BCUT2D eigenvalue weighted by Gasteiger charge is -2.23. The molecule has 0 aliphatic heterocycles. The molecule has 0 aliphatic rings. The summed E-state index contributed by atoms with van der Waals surface area (Å²) < 4.78 is 4.97. The van der Waals surface area contributed by atoms with E-state index in [4.69, 9.17) is 4.74 Å². The van der Waals surface area contributed by atoms with E-state index in [1.54, 1.807) is 38.1 Å². The molecule has 0 aromatic heterocycles. The number of methoxy groups -OCH3 is 1. The molecule has 1 aromatic rings. The van der Waals surface area contributed by atoms with E-state index in [0.717, 1.165) is 0 Å². The van der Waals surface area contributed by atoms with E-state index in [2.05, 4.69) is 5.32 Å². The second-order valence-corrected chi connectivity index (χ2v) is 4.24. The second-order valence-electron chi connectivity index (χ2n) is 4.24. The maximum Gasteiger partial charge on any atom is 0.251 e. The molecule has 5 heteroatoms. The number of hydrogen-bond acceptors (Lipinski definition) is 4. The van der Waals surface area contributed by atoms with Crippen LogP contribution in [0.15, 0.2) is 24.3 Å². The quantitative estimate of drug-likeness (QED) is 0.809. The van der Waals surface area contributed by atoms with E-state index in [9.17, 15) is 14.7 Å². The third kappa shape index (κ3) is 3.48. The summed E-state index contributed by atoms with van der Waals surface area (Å²) in [5.74, 6) is -1.34. The molecule has 1 N–H and O–H groups in total. The molecule has 1 amide bonds. The number of carbonyl (C=O) groups excluding carboxylic acids is 2. The van der Waals surface area contributed by atoms with Gasteiger partial charge in [0.25, 0.3) is 5.91 Å². The van der Waals surface area contributed by atoms with Crippen molar-refractivity contribution in [1.29, 1.82) is 0 Å². The Kier molecular flexibility index (Phi) is 4.71. The molecular formula is C13H16NO4-. The van der Waals surface area contributed by atoms with Crippen molar-refractivity contribution in [3.05, 3.63) is 29.8 Å². The van der Waals surface area contributed by atoms with Gasteiger partial charge in [0.1, 0.15) is 5.75 Å². The number of rotatable bonds is 5. The molecule has 0 bridgehead atoms. The Labute approximate surface area is 106 Å². The van der Waals surface area contributed by atoms with E-state index in [-0.39, 0.29) is 5.92 Å². The highest BCUT2D eigenvalue weighted by Crippen LogP contribution is 2.11. The average Bonchev–Trinajstić information content (AvgIpc) is 2.35. The van der Waals surface area contributed by atoms with Crippen molar-refractivity contribution in [3.8, 4) is 5.75 Å². The van der Waals surface area contributed by atoms with Crippen LogP contribution in [-0.4, -0.2) is 25.0 Å². The molecule has 0 saturated heterocycles. The van der Waals surface area contributed by atoms with E-state index >= 15 is 0 Å². The van der Waals surface area contributed by atoms with Gasteiger partial charge in [-0.3, -0.25) is 4.79 Å². The Balaban J connectivity index is 2.77. The molecule has 0 aliphatic carbocycles. The van der Waals surface area contributed by atoms with Crippen LogP contribution in [0.5, 0.6) is 5.75 Å². The molecule has 0 spiro atoms. The molecule has 0 unspecified atom stereocenters. The summed E-state index contributed by atoms with van der Waals surface area (Å²) in [6.45, 7) is 3.41. The van der Waals surface area contributed by atoms with Gasteiger partial charge in [-0.25, -0.2) is 0 Å². The molecule has 0 fully saturated rings. The lowest BCUT2D eigenvalue weighted by molar-refractivity contribution is -0.309. The smallest absolute Gasteiger partial charge is 0.251 e. The van der Waals surface area contributed by atoms with Crippen molar-refractivity contribution in [2.45, 2.75) is 19.9 Å². The van der Waals surface area contributed by atoms with Gasteiger partial charge in [0.2, 0.25) is 0 Å². The van der Waals surface area contributed by atoms with Gasteiger partial charge in [-0.15, -0.1) is 0 Å². The van der Waals surface area contributed by atoms with Crippen molar-refractivity contribution < 1.29 is 19.4 Å². The number of carboxylic acids is 1. The van der Waals surface area contributed by atoms with Gasteiger partial charge < -0.3 is 20.0 Å². The van der Waals surface area contributed by atoms with Gasteiger partial charge in [0.15, 0.2) is 0 Å². The molecule has 1 atom stereocenters. The third-order valence-corrected chi connectivity index (χ3v) is 2.56. The van der Waals surface area contributed by atoms with Crippen LogP contribution in [0.25, 0.3) is 0 Å². The molecule has 0 heterocycles. The monoisotopic (exact) mass is 250 g/mol. The molecule has 1 rings (SSSR count). The number of amides is 1. The normalized spacial score (nSPS) is 12.0.